The lowest BCUT2D eigenvalue weighted by Crippen LogP contribution is -2.18. The molecule has 0 spiro atoms. The average molecular weight is 316 g/mol. The van der Waals surface area contributed by atoms with Gasteiger partial charge in [-0.05, 0) is 37.5 Å². The Bertz CT molecular complexity index is 719. The molecule has 0 bridgehead atoms. The van der Waals surface area contributed by atoms with Crippen LogP contribution in [-0.2, 0) is 6.42 Å². The van der Waals surface area contributed by atoms with E-state index in [-0.39, 0.29) is 5.91 Å². The van der Waals surface area contributed by atoms with Crippen molar-refractivity contribution in [2.45, 2.75) is 33.6 Å². The highest BCUT2D eigenvalue weighted by atomic mass is 32.1. The predicted molar refractivity (Wildman–Crippen MR) is 90.7 cm³/mol. The molecule has 0 saturated heterocycles. The summed E-state index contributed by atoms with van der Waals surface area (Å²) in [6, 6.07) is 7.35. The van der Waals surface area contributed by atoms with Crippen molar-refractivity contribution < 1.29 is 9.59 Å². The normalized spacial score (nSPS) is 10.5. The van der Waals surface area contributed by atoms with Crippen LogP contribution in [0, 0.1) is 13.8 Å². The van der Waals surface area contributed by atoms with E-state index in [9.17, 15) is 9.59 Å². The van der Waals surface area contributed by atoms with Gasteiger partial charge in [-0.25, -0.2) is 0 Å². The minimum atomic E-state index is -0.504. The molecule has 22 heavy (non-hydrogen) atoms. The summed E-state index contributed by atoms with van der Waals surface area (Å²) in [6.07, 6.45) is 1.85. The summed E-state index contributed by atoms with van der Waals surface area (Å²) in [7, 11) is 0. The monoisotopic (exact) mass is 316 g/mol. The lowest BCUT2D eigenvalue weighted by molar-refractivity contribution is 0.100. The van der Waals surface area contributed by atoms with Crippen molar-refractivity contribution >= 4 is 28.2 Å². The number of hydrogen-bond donors (Lipinski definition) is 2. The van der Waals surface area contributed by atoms with E-state index in [4.69, 9.17) is 5.73 Å². The summed E-state index contributed by atoms with van der Waals surface area (Å²) in [5, 5.41) is 3.39. The number of rotatable bonds is 5. The van der Waals surface area contributed by atoms with Gasteiger partial charge in [-0.15, -0.1) is 11.3 Å². The maximum Gasteiger partial charge on any atom is 0.256 e. The number of amides is 2. The number of primary amides is 1. The Hall–Kier alpha value is -2.14. The topological polar surface area (TPSA) is 72.2 Å². The second kappa shape index (κ2) is 6.75. The Morgan fingerprint density at radius 3 is 2.50 bits per heavy atom. The fourth-order valence-corrected chi connectivity index (χ4v) is 3.72. The molecule has 0 aliphatic carbocycles. The third-order valence-corrected chi connectivity index (χ3v) is 4.85. The SMILES string of the molecule is CCCc1sc(NC(=O)c2ccccc2C)c(C(N)=O)c1C. The van der Waals surface area contributed by atoms with E-state index >= 15 is 0 Å². The molecule has 0 saturated carbocycles. The van der Waals surface area contributed by atoms with Crippen molar-refractivity contribution in [2.24, 2.45) is 5.73 Å². The minimum Gasteiger partial charge on any atom is -0.365 e. The lowest BCUT2D eigenvalue weighted by atomic mass is 10.1. The molecule has 5 heteroatoms. The van der Waals surface area contributed by atoms with Crippen molar-refractivity contribution in [3.05, 3.63) is 51.4 Å². The van der Waals surface area contributed by atoms with Gasteiger partial charge in [0.15, 0.2) is 0 Å². The first-order chi connectivity index (χ1) is 10.5. The molecule has 1 aromatic heterocycles. The maximum absolute atomic E-state index is 12.4. The largest absolute Gasteiger partial charge is 0.365 e. The minimum absolute atomic E-state index is 0.218. The number of nitrogens with one attached hydrogen (secondary N) is 1. The molecule has 0 fully saturated rings. The Labute approximate surface area is 134 Å². The first-order valence-corrected chi connectivity index (χ1v) is 8.06. The summed E-state index contributed by atoms with van der Waals surface area (Å²) >= 11 is 1.44. The predicted octanol–water partition coefficient (Wildman–Crippen LogP) is 3.67. The second-order valence-electron chi connectivity index (χ2n) is 5.24. The first-order valence-electron chi connectivity index (χ1n) is 7.24. The summed E-state index contributed by atoms with van der Waals surface area (Å²) in [5.41, 5.74) is 8.28. The van der Waals surface area contributed by atoms with Crippen LogP contribution in [0.5, 0.6) is 0 Å². The van der Waals surface area contributed by atoms with Crippen molar-refractivity contribution in [1.29, 1.82) is 0 Å². The van der Waals surface area contributed by atoms with Crippen molar-refractivity contribution in [3.8, 4) is 0 Å². The Balaban J connectivity index is 2.37. The molecular formula is C17H20N2O2S. The van der Waals surface area contributed by atoms with Gasteiger partial charge in [-0.1, -0.05) is 31.5 Å². The summed E-state index contributed by atoms with van der Waals surface area (Å²) < 4.78 is 0. The standard InChI is InChI=1S/C17H20N2O2S/c1-4-7-13-11(3)14(15(18)20)17(22-13)19-16(21)12-9-6-5-8-10(12)2/h5-6,8-9H,4,7H2,1-3H3,(H2,18,20)(H,19,21). The van der Waals surface area contributed by atoms with Crippen molar-refractivity contribution in [3.63, 3.8) is 0 Å². The molecule has 4 nitrogen and oxygen atoms in total. The quantitative estimate of drug-likeness (QED) is 0.883. The zero-order valence-electron chi connectivity index (χ0n) is 13.0. The highest BCUT2D eigenvalue weighted by Crippen LogP contribution is 2.34. The lowest BCUT2D eigenvalue weighted by Gasteiger charge is -2.07. The van der Waals surface area contributed by atoms with Gasteiger partial charge in [-0.3, -0.25) is 9.59 Å². The van der Waals surface area contributed by atoms with Gasteiger partial charge in [-0.2, -0.15) is 0 Å². The van der Waals surface area contributed by atoms with E-state index in [0.717, 1.165) is 28.8 Å². The zero-order chi connectivity index (χ0) is 16.3. The molecule has 0 atom stereocenters. The van der Waals surface area contributed by atoms with Crippen LogP contribution in [0.1, 0.15) is 50.1 Å². The van der Waals surface area contributed by atoms with Gasteiger partial charge in [0.2, 0.25) is 0 Å². The summed E-state index contributed by atoms with van der Waals surface area (Å²) in [4.78, 5) is 25.2. The fraction of sp³-hybridized carbons (Fsp3) is 0.294. The number of carbonyl (C=O) groups excluding carboxylic acids is 2. The van der Waals surface area contributed by atoms with E-state index in [2.05, 4.69) is 12.2 Å². The van der Waals surface area contributed by atoms with Crippen LogP contribution in [0.4, 0.5) is 5.00 Å². The molecule has 116 valence electrons. The van der Waals surface area contributed by atoms with E-state index in [1.54, 1.807) is 6.07 Å². The summed E-state index contributed by atoms with van der Waals surface area (Å²) in [5.74, 6) is -0.721. The van der Waals surface area contributed by atoms with E-state index in [1.165, 1.54) is 11.3 Å². The molecule has 3 N–H and O–H groups in total. The zero-order valence-corrected chi connectivity index (χ0v) is 13.8. The van der Waals surface area contributed by atoms with Crippen molar-refractivity contribution in [2.75, 3.05) is 5.32 Å². The smallest absolute Gasteiger partial charge is 0.256 e. The van der Waals surface area contributed by atoms with E-state index in [0.29, 0.717) is 16.1 Å². The van der Waals surface area contributed by atoms with Crippen LogP contribution in [-0.4, -0.2) is 11.8 Å². The molecular weight excluding hydrogens is 296 g/mol. The number of aryl methyl sites for hydroxylation is 2. The highest BCUT2D eigenvalue weighted by molar-refractivity contribution is 7.17. The average Bonchev–Trinajstić information content (AvgIpc) is 2.76. The van der Waals surface area contributed by atoms with Gasteiger partial charge in [0.1, 0.15) is 5.00 Å². The molecule has 2 rings (SSSR count). The third-order valence-electron chi connectivity index (χ3n) is 3.59. The third kappa shape index (κ3) is 3.20. The number of hydrogen-bond acceptors (Lipinski definition) is 3. The molecule has 0 radical (unpaired) electrons. The van der Waals surface area contributed by atoms with Gasteiger partial charge >= 0.3 is 0 Å². The van der Waals surface area contributed by atoms with Crippen LogP contribution in [0.3, 0.4) is 0 Å². The van der Waals surface area contributed by atoms with E-state index < -0.39 is 5.91 Å². The maximum atomic E-state index is 12.4. The molecule has 1 heterocycles. The van der Waals surface area contributed by atoms with E-state index in [1.807, 2.05) is 32.0 Å². The molecule has 0 aliphatic rings. The van der Waals surface area contributed by atoms with Crippen molar-refractivity contribution in [1.82, 2.24) is 0 Å². The molecule has 0 aliphatic heterocycles. The molecule has 0 unspecified atom stereocenters. The van der Waals surface area contributed by atoms with Gasteiger partial charge in [0.05, 0.1) is 5.56 Å². The Morgan fingerprint density at radius 1 is 1.23 bits per heavy atom. The van der Waals surface area contributed by atoms with Crippen LogP contribution < -0.4 is 11.1 Å². The Kier molecular flexibility index (Phi) is 4.98. The highest BCUT2D eigenvalue weighted by Gasteiger charge is 2.21. The Morgan fingerprint density at radius 2 is 1.91 bits per heavy atom. The number of carbonyl (C=O) groups is 2. The van der Waals surface area contributed by atoms with Crippen LogP contribution >= 0.6 is 11.3 Å². The van der Waals surface area contributed by atoms with Crippen LogP contribution in [0.2, 0.25) is 0 Å². The number of anilines is 1. The van der Waals surface area contributed by atoms with Crippen LogP contribution in [0.25, 0.3) is 0 Å². The van der Waals surface area contributed by atoms with Gasteiger partial charge in [0, 0.05) is 10.4 Å². The molecule has 1 aromatic carbocycles. The van der Waals surface area contributed by atoms with Gasteiger partial charge in [0.25, 0.3) is 11.8 Å². The van der Waals surface area contributed by atoms with Gasteiger partial charge < -0.3 is 11.1 Å². The molecule has 2 aromatic rings. The second-order valence-corrected chi connectivity index (χ2v) is 6.34. The van der Waals surface area contributed by atoms with Crippen LogP contribution in [0.15, 0.2) is 24.3 Å². The summed E-state index contributed by atoms with van der Waals surface area (Å²) in [6.45, 7) is 5.84. The fourth-order valence-electron chi connectivity index (χ4n) is 2.41. The number of benzene rings is 1. The number of nitrogens with two attached hydrogens (primary N) is 1. The molecule has 2 amide bonds. The number of thiophene rings is 1. The first kappa shape index (κ1) is 16.2.